The van der Waals surface area contributed by atoms with Crippen molar-refractivity contribution in [2.75, 3.05) is 6.54 Å². The number of aliphatic imine (C=N–C) groups is 1. The third kappa shape index (κ3) is 4.97. The molecule has 0 aliphatic heterocycles. The van der Waals surface area contributed by atoms with Gasteiger partial charge >= 0.3 is 0 Å². The lowest BCUT2D eigenvalue weighted by molar-refractivity contribution is 0.537. The fourth-order valence-electron chi connectivity index (χ4n) is 2.04. The van der Waals surface area contributed by atoms with E-state index in [1.165, 1.54) is 10.7 Å². The van der Waals surface area contributed by atoms with Gasteiger partial charge in [-0.1, -0.05) is 30.3 Å². The van der Waals surface area contributed by atoms with Crippen molar-refractivity contribution in [1.29, 1.82) is 5.26 Å². The molecule has 2 aromatic rings. The molecule has 1 aromatic heterocycles. The molecule has 7 heteroatoms. The van der Waals surface area contributed by atoms with E-state index in [4.69, 9.17) is 11.0 Å². The first-order valence-corrected chi connectivity index (χ1v) is 7.29. The zero-order chi connectivity index (χ0) is 16.5. The molecule has 2 rings (SSSR count). The molecule has 0 aliphatic rings. The number of hydrogen-bond acceptors (Lipinski definition) is 4. The first-order chi connectivity index (χ1) is 11.2. The first kappa shape index (κ1) is 16.2. The molecule has 0 spiro atoms. The van der Waals surface area contributed by atoms with E-state index < -0.39 is 0 Å². The van der Waals surface area contributed by atoms with E-state index in [-0.39, 0.29) is 11.5 Å². The maximum atomic E-state index is 11.9. The van der Waals surface area contributed by atoms with Gasteiger partial charge < -0.3 is 5.73 Å². The van der Waals surface area contributed by atoms with E-state index in [1.54, 1.807) is 12.3 Å². The second-order valence-corrected chi connectivity index (χ2v) is 4.86. The van der Waals surface area contributed by atoms with Crippen LogP contribution >= 0.6 is 0 Å². The summed E-state index contributed by atoms with van der Waals surface area (Å²) in [6.07, 6.45) is 3.19. The predicted molar refractivity (Wildman–Crippen MR) is 88.4 cm³/mol. The number of nitrogens with one attached hydrogen (secondary N) is 1. The predicted octanol–water partition coefficient (Wildman–Crippen LogP) is 1.08. The molecule has 0 saturated heterocycles. The highest BCUT2D eigenvalue weighted by molar-refractivity contribution is 5.79. The summed E-state index contributed by atoms with van der Waals surface area (Å²) >= 11 is 0. The third-order valence-electron chi connectivity index (χ3n) is 3.18. The summed E-state index contributed by atoms with van der Waals surface area (Å²) in [5, 5.41) is 15.0. The summed E-state index contributed by atoms with van der Waals surface area (Å²) in [6, 6.07) is 13.0. The molecular weight excluding hydrogens is 292 g/mol. The normalized spacial score (nSPS) is 11.0. The highest BCUT2D eigenvalue weighted by Gasteiger charge is 2.02. The highest BCUT2D eigenvalue weighted by atomic mass is 16.1. The SMILES string of the molecule is N#CNC(N)=NCCCCn1nc(-c2ccccc2)ccc1=O. The van der Waals surface area contributed by atoms with E-state index >= 15 is 0 Å². The van der Waals surface area contributed by atoms with Gasteiger partial charge in [-0.2, -0.15) is 10.4 Å². The Morgan fingerprint density at radius 2 is 2.04 bits per heavy atom. The van der Waals surface area contributed by atoms with Gasteiger partial charge in [-0.05, 0) is 18.9 Å². The first-order valence-electron chi connectivity index (χ1n) is 7.29. The molecule has 1 heterocycles. The van der Waals surface area contributed by atoms with Crippen molar-refractivity contribution in [3.63, 3.8) is 0 Å². The Morgan fingerprint density at radius 3 is 2.78 bits per heavy atom. The van der Waals surface area contributed by atoms with Crippen molar-refractivity contribution < 1.29 is 0 Å². The summed E-state index contributed by atoms with van der Waals surface area (Å²) in [4.78, 5) is 15.9. The Morgan fingerprint density at radius 1 is 1.26 bits per heavy atom. The Kier molecular flexibility index (Phi) is 5.89. The standard InChI is InChI=1S/C16H18N6O/c17-12-20-16(18)19-10-4-5-11-22-15(23)9-8-14(21-22)13-6-2-1-3-7-13/h1-3,6-9H,4-5,10-11H2,(H3,18,19,20). The van der Waals surface area contributed by atoms with Gasteiger partial charge in [-0.3, -0.25) is 15.1 Å². The Labute approximate surface area is 134 Å². The summed E-state index contributed by atoms with van der Waals surface area (Å²) < 4.78 is 1.46. The van der Waals surface area contributed by atoms with Crippen molar-refractivity contribution >= 4 is 5.96 Å². The summed E-state index contributed by atoms with van der Waals surface area (Å²) in [7, 11) is 0. The van der Waals surface area contributed by atoms with Crippen LogP contribution in [0.25, 0.3) is 11.3 Å². The number of benzene rings is 1. The number of aromatic nitrogens is 2. The number of aryl methyl sites for hydroxylation is 1. The van der Waals surface area contributed by atoms with E-state index in [0.29, 0.717) is 13.1 Å². The zero-order valence-electron chi connectivity index (χ0n) is 12.6. The summed E-state index contributed by atoms with van der Waals surface area (Å²) in [5.41, 5.74) is 7.05. The number of nitrogens with zero attached hydrogens (tertiary/aromatic N) is 4. The van der Waals surface area contributed by atoms with Gasteiger partial charge in [0, 0.05) is 24.7 Å². The molecule has 0 unspecified atom stereocenters. The van der Waals surface area contributed by atoms with Crippen molar-refractivity contribution in [3.8, 4) is 17.5 Å². The van der Waals surface area contributed by atoms with Gasteiger partial charge in [0.15, 0.2) is 6.19 Å². The van der Waals surface area contributed by atoms with Crippen molar-refractivity contribution in [2.45, 2.75) is 19.4 Å². The van der Waals surface area contributed by atoms with Crippen LogP contribution in [0.15, 0.2) is 52.3 Å². The fraction of sp³-hybridized carbons (Fsp3) is 0.250. The smallest absolute Gasteiger partial charge is 0.266 e. The van der Waals surface area contributed by atoms with Crippen LogP contribution < -0.4 is 16.6 Å². The number of nitrogens with two attached hydrogens (primary N) is 1. The topological polar surface area (TPSA) is 109 Å². The average molecular weight is 310 g/mol. The van der Waals surface area contributed by atoms with Gasteiger partial charge in [0.05, 0.1) is 5.69 Å². The van der Waals surface area contributed by atoms with Crippen LogP contribution in [0.2, 0.25) is 0 Å². The van der Waals surface area contributed by atoms with Gasteiger partial charge in [0.25, 0.3) is 5.56 Å². The average Bonchev–Trinajstić information content (AvgIpc) is 2.57. The minimum Gasteiger partial charge on any atom is -0.369 e. The number of unbranched alkanes of at least 4 members (excludes halogenated alkanes) is 1. The lowest BCUT2D eigenvalue weighted by Gasteiger charge is -2.06. The van der Waals surface area contributed by atoms with Crippen LogP contribution in [0, 0.1) is 11.5 Å². The molecule has 23 heavy (non-hydrogen) atoms. The quantitative estimate of drug-likeness (QED) is 0.273. The number of hydrogen-bond donors (Lipinski definition) is 2. The minimum absolute atomic E-state index is 0.105. The van der Waals surface area contributed by atoms with Crippen molar-refractivity contribution in [2.24, 2.45) is 10.7 Å². The van der Waals surface area contributed by atoms with Crippen LogP contribution in [-0.4, -0.2) is 22.3 Å². The van der Waals surface area contributed by atoms with Crippen LogP contribution in [0.4, 0.5) is 0 Å². The van der Waals surface area contributed by atoms with Crippen molar-refractivity contribution in [1.82, 2.24) is 15.1 Å². The lowest BCUT2D eigenvalue weighted by Crippen LogP contribution is -2.27. The molecule has 118 valence electrons. The third-order valence-corrected chi connectivity index (χ3v) is 3.18. The van der Waals surface area contributed by atoms with E-state index in [0.717, 1.165) is 24.1 Å². The number of rotatable bonds is 6. The highest BCUT2D eigenvalue weighted by Crippen LogP contribution is 2.14. The summed E-state index contributed by atoms with van der Waals surface area (Å²) in [6.45, 7) is 1.01. The van der Waals surface area contributed by atoms with Crippen LogP contribution in [-0.2, 0) is 6.54 Å². The van der Waals surface area contributed by atoms with Gasteiger partial charge in [0.1, 0.15) is 0 Å². The number of guanidine groups is 1. The molecule has 0 radical (unpaired) electrons. The second-order valence-electron chi connectivity index (χ2n) is 4.86. The van der Waals surface area contributed by atoms with E-state index in [2.05, 4.69) is 15.4 Å². The van der Waals surface area contributed by atoms with Crippen LogP contribution in [0.1, 0.15) is 12.8 Å². The summed E-state index contributed by atoms with van der Waals surface area (Å²) in [5.74, 6) is 0.105. The van der Waals surface area contributed by atoms with Crippen LogP contribution in [0.3, 0.4) is 0 Å². The molecule has 0 fully saturated rings. The molecule has 3 N–H and O–H groups in total. The molecule has 0 saturated carbocycles. The molecule has 7 nitrogen and oxygen atoms in total. The Bertz CT molecular complexity index is 760. The largest absolute Gasteiger partial charge is 0.369 e. The maximum absolute atomic E-state index is 11.9. The molecule has 0 atom stereocenters. The number of nitriles is 1. The van der Waals surface area contributed by atoms with E-state index in [9.17, 15) is 4.79 Å². The van der Waals surface area contributed by atoms with Crippen LogP contribution in [0.5, 0.6) is 0 Å². The van der Waals surface area contributed by atoms with Gasteiger partial charge in [-0.25, -0.2) is 4.68 Å². The monoisotopic (exact) mass is 310 g/mol. The molecule has 0 bridgehead atoms. The van der Waals surface area contributed by atoms with E-state index in [1.807, 2.05) is 30.3 Å². The second kappa shape index (κ2) is 8.34. The van der Waals surface area contributed by atoms with Gasteiger partial charge in [-0.15, -0.1) is 0 Å². The molecule has 0 aliphatic carbocycles. The van der Waals surface area contributed by atoms with Crippen molar-refractivity contribution in [3.05, 3.63) is 52.8 Å². The molecule has 1 aromatic carbocycles. The lowest BCUT2D eigenvalue weighted by atomic mass is 10.1. The Hall–Kier alpha value is -3.14. The molecular formula is C16H18N6O. The minimum atomic E-state index is -0.126. The zero-order valence-corrected chi connectivity index (χ0v) is 12.6. The molecule has 0 amide bonds. The fourth-order valence-corrected chi connectivity index (χ4v) is 2.04. The van der Waals surface area contributed by atoms with Gasteiger partial charge in [0.2, 0.25) is 5.96 Å². The Balaban J connectivity index is 1.94. The maximum Gasteiger partial charge on any atom is 0.266 e.